The van der Waals surface area contributed by atoms with Crippen molar-refractivity contribution in [2.75, 3.05) is 19.6 Å². The van der Waals surface area contributed by atoms with Gasteiger partial charge in [-0.15, -0.1) is 5.10 Å². The van der Waals surface area contributed by atoms with Crippen LogP contribution in [0.15, 0.2) is 48.0 Å². The van der Waals surface area contributed by atoms with Gasteiger partial charge in [-0.25, -0.2) is 17.8 Å². The molecule has 3 aromatic rings. The highest BCUT2D eigenvalue weighted by Crippen LogP contribution is 2.37. The first kappa shape index (κ1) is 22.3. The molecule has 0 radical (unpaired) electrons. The summed E-state index contributed by atoms with van der Waals surface area (Å²) in [5, 5.41) is 6.83. The molecular weight excluding hydrogens is 459 g/mol. The van der Waals surface area contributed by atoms with Crippen molar-refractivity contribution in [2.45, 2.75) is 17.5 Å². The number of hydrogen-bond acceptors (Lipinski definition) is 6. The van der Waals surface area contributed by atoms with Crippen LogP contribution in [-0.2, 0) is 22.5 Å². The molecule has 3 heterocycles. The molecule has 2 aromatic heterocycles. The summed E-state index contributed by atoms with van der Waals surface area (Å²) in [6.07, 6.45) is 2.72. The summed E-state index contributed by atoms with van der Waals surface area (Å²) in [7, 11) is -2.40. The average molecular weight is 479 g/mol. The van der Waals surface area contributed by atoms with Crippen molar-refractivity contribution in [3.8, 4) is 0 Å². The van der Waals surface area contributed by atoms with Crippen LogP contribution in [0.1, 0.15) is 21.6 Å². The lowest BCUT2D eigenvalue weighted by Gasteiger charge is -2.48. The lowest BCUT2D eigenvalue weighted by molar-refractivity contribution is 0.0894. The van der Waals surface area contributed by atoms with E-state index >= 15 is 0 Å². The third kappa shape index (κ3) is 3.98. The van der Waals surface area contributed by atoms with E-state index < -0.39 is 21.3 Å². The Morgan fingerprint density at radius 1 is 1.28 bits per heavy atom. The van der Waals surface area contributed by atoms with Crippen LogP contribution in [0.25, 0.3) is 0 Å². The minimum atomic E-state index is -3.96. The zero-order chi connectivity index (χ0) is 23.1. The second-order valence-electron chi connectivity index (χ2n) is 7.73. The molecule has 0 spiro atoms. The molecule has 32 heavy (non-hydrogen) atoms. The van der Waals surface area contributed by atoms with Crippen molar-refractivity contribution in [3.63, 3.8) is 0 Å². The first-order chi connectivity index (χ1) is 15.1. The standard InChI is InChI=1S/C20H20ClFN6O3S/c1-13-8-14(21)5-6-15(13)18(29)24-9-20(17-16(22)4-3-7-23-17)10-28(11-20)32(30,31)19-25-12-27(2)26-19/h3-8,12H,9-11H2,1-2H3,(H,24,29). The van der Waals surface area contributed by atoms with Gasteiger partial charge in [0.25, 0.3) is 21.1 Å². The maximum absolute atomic E-state index is 14.6. The lowest BCUT2D eigenvalue weighted by atomic mass is 9.77. The Hall–Kier alpha value is -2.89. The molecular formula is C20H20ClFN6O3S. The fraction of sp³-hybridized carbons (Fsp3) is 0.300. The van der Waals surface area contributed by atoms with E-state index in [-0.39, 0.29) is 36.4 Å². The summed E-state index contributed by atoms with van der Waals surface area (Å²) in [5.74, 6) is -0.944. The number of aryl methyl sites for hydroxylation is 2. The molecule has 9 nitrogen and oxygen atoms in total. The normalized spacial score (nSPS) is 15.9. The van der Waals surface area contributed by atoms with Crippen LogP contribution in [0.4, 0.5) is 4.39 Å². The molecule has 12 heteroatoms. The van der Waals surface area contributed by atoms with Crippen molar-refractivity contribution in [2.24, 2.45) is 7.05 Å². The average Bonchev–Trinajstić information content (AvgIpc) is 3.15. The topological polar surface area (TPSA) is 110 Å². The van der Waals surface area contributed by atoms with Gasteiger partial charge in [0.2, 0.25) is 0 Å². The molecule has 1 saturated heterocycles. The van der Waals surface area contributed by atoms with Crippen LogP contribution in [0.3, 0.4) is 0 Å². The van der Waals surface area contributed by atoms with E-state index in [0.717, 1.165) is 4.31 Å². The summed E-state index contributed by atoms with van der Waals surface area (Å²) >= 11 is 5.96. The van der Waals surface area contributed by atoms with Crippen molar-refractivity contribution >= 4 is 27.5 Å². The third-order valence-corrected chi connectivity index (χ3v) is 7.21. The van der Waals surface area contributed by atoms with Crippen molar-refractivity contribution in [3.05, 3.63) is 70.5 Å². The van der Waals surface area contributed by atoms with E-state index in [1.165, 1.54) is 29.3 Å². The number of rotatable bonds is 6. The number of amides is 1. The maximum Gasteiger partial charge on any atom is 0.282 e. The first-order valence-corrected chi connectivity index (χ1v) is 11.5. The zero-order valence-corrected chi connectivity index (χ0v) is 18.9. The highest BCUT2D eigenvalue weighted by atomic mass is 35.5. The van der Waals surface area contributed by atoms with Crippen LogP contribution in [-0.4, -0.2) is 58.0 Å². The van der Waals surface area contributed by atoms with Crippen LogP contribution in [0.2, 0.25) is 5.02 Å². The Balaban J connectivity index is 1.59. The number of carbonyl (C=O) groups excluding carboxylic acids is 1. The van der Waals surface area contributed by atoms with Crippen molar-refractivity contribution in [1.82, 2.24) is 29.4 Å². The highest BCUT2D eigenvalue weighted by molar-refractivity contribution is 7.89. The molecule has 0 aliphatic carbocycles. The number of halogens is 2. The van der Waals surface area contributed by atoms with E-state index in [4.69, 9.17) is 11.6 Å². The molecule has 1 aliphatic rings. The van der Waals surface area contributed by atoms with Gasteiger partial charge in [-0.05, 0) is 42.8 Å². The maximum atomic E-state index is 14.6. The quantitative estimate of drug-likeness (QED) is 0.577. The highest BCUT2D eigenvalue weighted by Gasteiger charge is 2.52. The lowest BCUT2D eigenvalue weighted by Crippen LogP contribution is -2.65. The summed E-state index contributed by atoms with van der Waals surface area (Å²) in [6.45, 7) is 1.58. The molecule has 1 amide bonds. The summed E-state index contributed by atoms with van der Waals surface area (Å²) < 4.78 is 42.7. The molecule has 1 N–H and O–H groups in total. The minimum absolute atomic E-state index is 0.0104. The Bertz CT molecular complexity index is 1290. The smallest absolute Gasteiger partial charge is 0.282 e. The largest absolute Gasteiger partial charge is 0.351 e. The van der Waals surface area contributed by atoms with Gasteiger partial charge in [-0.2, -0.15) is 4.31 Å². The van der Waals surface area contributed by atoms with Crippen molar-refractivity contribution in [1.29, 1.82) is 0 Å². The fourth-order valence-electron chi connectivity index (χ4n) is 3.70. The summed E-state index contributed by atoms with van der Waals surface area (Å²) in [5.41, 5.74) is 0.164. The number of sulfonamides is 1. The van der Waals surface area contributed by atoms with Gasteiger partial charge in [0.1, 0.15) is 12.1 Å². The molecule has 1 aromatic carbocycles. The minimum Gasteiger partial charge on any atom is -0.351 e. The number of aromatic nitrogens is 4. The molecule has 4 rings (SSSR count). The molecule has 0 atom stereocenters. The van der Waals surface area contributed by atoms with E-state index in [0.29, 0.717) is 16.1 Å². The summed E-state index contributed by atoms with van der Waals surface area (Å²) in [4.78, 5) is 20.7. The van der Waals surface area contributed by atoms with E-state index in [1.54, 1.807) is 32.2 Å². The number of nitrogens with zero attached hydrogens (tertiary/aromatic N) is 5. The first-order valence-electron chi connectivity index (χ1n) is 9.63. The SMILES string of the molecule is Cc1cc(Cl)ccc1C(=O)NCC1(c2ncccc2F)CN(S(=O)(=O)c2ncn(C)n2)C1. The van der Waals surface area contributed by atoms with Crippen LogP contribution >= 0.6 is 11.6 Å². The monoisotopic (exact) mass is 478 g/mol. The van der Waals surface area contributed by atoms with Crippen molar-refractivity contribution < 1.29 is 17.6 Å². The van der Waals surface area contributed by atoms with E-state index in [1.807, 2.05) is 0 Å². The number of pyridine rings is 1. The molecule has 0 saturated carbocycles. The van der Waals surface area contributed by atoms with Crippen LogP contribution in [0, 0.1) is 12.7 Å². The van der Waals surface area contributed by atoms with E-state index in [2.05, 4.69) is 20.4 Å². The Kier molecular flexibility index (Phi) is 5.74. The van der Waals surface area contributed by atoms with Gasteiger partial charge in [0, 0.05) is 43.5 Å². The number of carbonyl (C=O) groups is 1. The fourth-order valence-corrected chi connectivity index (χ4v) is 5.40. The Morgan fingerprint density at radius 3 is 2.66 bits per heavy atom. The van der Waals surface area contributed by atoms with Gasteiger partial charge in [-0.3, -0.25) is 14.5 Å². The second-order valence-corrected chi connectivity index (χ2v) is 10.00. The summed E-state index contributed by atoms with van der Waals surface area (Å²) in [6, 6.07) is 7.59. The second kappa shape index (κ2) is 8.23. The molecule has 0 unspecified atom stereocenters. The number of benzene rings is 1. The Labute approximate surface area is 189 Å². The van der Waals surface area contributed by atoms with Gasteiger partial charge in [0.15, 0.2) is 0 Å². The van der Waals surface area contributed by atoms with Gasteiger partial charge < -0.3 is 5.32 Å². The predicted molar refractivity (Wildman–Crippen MR) is 114 cm³/mol. The molecule has 1 fully saturated rings. The van der Waals surface area contributed by atoms with Crippen LogP contribution in [0.5, 0.6) is 0 Å². The zero-order valence-electron chi connectivity index (χ0n) is 17.3. The molecule has 168 valence electrons. The Morgan fingerprint density at radius 2 is 2.03 bits per heavy atom. The number of nitrogens with one attached hydrogen (secondary N) is 1. The van der Waals surface area contributed by atoms with Gasteiger partial charge in [0.05, 0.1) is 11.1 Å². The number of hydrogen-bond donors (Lipinski definition) is 1. The molecule has 0 bridgehead atoms. The molecule has 1 aliphatic heterocycles. The predicted octanol–water partition coefficient (Wildman–Crippen LogP) is 1.68. The van der Waals surface area contributed by atoms with E-state index in [9.17, 15) is 17.6 Å². The van der Waals surface area contributed by atoms with Crippen LogP contribution < -0.4 is 5.32 Å². The third-order valence-electron chi connectivity index (χ3n) is 5.39. The van der Waals surface area contributed by atoms with Gasteiger partial charge >= 0.3 is 0 Å². The van der Waals surface area contributed by atoms with Gasteiger partial charge in [-0.1, -0.05) is 11.6 Å².